The lowest BCUT2D eigenvalue weighted by atomic mass is 9.92. The molecule has 0 bridgehead atoms. The molecule has 0 radical (unpaired) electrons. The number of hydrogen-bond donors (Lipinski definition) is 3. The summed E-state index contributed by atoms with van der Waals surface area (Å²) in [4.78, 5) is 47.9. The van der Waals surface area contributed by atoms with Gasteiger partial charge in [-0.15, -0.1) is 11.8 Å². The summed E-state index contributed by atoms with van der Waals surface area (Å²) in [7, 11) is 0. The van der Waals surface area contributed by atoms with Gasteiger partial charge in [0.05, 0.1) is 6.04 Å². The summed E-state index contributed by atoms with van der Waals surface area (Å²) >= 11 is 1.65. The van der Waals surface area contributed by atoms with Crippen LogP contribution in [0.3, 0.4) is 0 Å². The molecule has 7 nitrogen and oxygen atoms in total. The largest absolute Gasteiger partial charge is 0.356 e. The molecule has 0 spiro atoms. The van der Waals surface area contributed by atoms with Crippen molar-refractivity contribution < 1.29 is 4.79 Å². The van der Waals surface area contributed by atoms with E-state index in [9.17, 15) is 14.4 Å². The highest BCUT2D eigenvalue weighted by molar-refractivity contribution is 7.98. The quantitative estimate of drug-likeness (QED) is 0.433. The van der Waals surface area contributed by atoms with E-state index in [2.05, 4.69) is 21.0 Å². The molecule has 3 heterocycles. The topological polar surface area (TPSA) is 102 Å². The van der Waals surface area contributed by atoms with Gasteiger partial charge in [-0.25, -0.2) is 4.79 Å². The molecule has 0 saturated heterocycles. The molecule has 0 unspecified atom stereocenters. The van der Waals surface area contributed by atoms with Gasteiger partial charge in [-0.1, -0.05) is 30.3 Å². The number of benzene rings is 2. The molecule has 156 valence electrons. The van der Waals surface area contributed by atoms with Crippen LogP contribution in [0.1, 0.15) is 33.4 Å². The third-order valence-corrected chi connectivity index (χ3v) is 6.46. The van der Waals surface area contributed by atoms with Crippen LogP contribution < -0.4 is 11.2 Å². The Kier molecular flexibility index (Phi) is 4.78. The van der Waals surface area contributed by atoms with Gasteiger partial charge >= 0.3 is 5.69 Å². The van der Waals surface area contributed by atoms with Crippen molar-refractivity contribution in [1.82, 2.24) is 19.9 Å². The molecule has 4 aromatic rings. The number of carbonyl (C=O) groups excluding carboxylic acids is 1. The van der Waals surface area contributed by atoms with E-state index in [1.165, 1.54) is 5.56 Å². The average Bonchev–Trinajstić information content (AvgIpc) is 3.16. The van der Waals surface area contributed by atoms with E-state index in [4.69, 9.17) is 0 Å². The van der Waals surface area contributed by atoms with Crippen LogP contribution in [0.2, 0.25) is 0 Å². The molecular weight excluding hydrogens is 412 g/mol. The summed E-state index contributed by atoms with van der Waals surface area (Å²) < 4.78 is 0. The number of carbonyl (C=O) groups is 1. The first kappa shape index (κ1) is 19.4. The fourth-order valence-electron chi connectivity index (χ4n) is 4.33. The minimum Gasteiger partial charge on any atom is -0.356 e. The minimum atomic E-state index is -0.694. The number of amides is 1. The summed E-state index contributed by atoms with van der Waals surface area (Å²) in [5, 5.41) is 1.15. The summed E-state index contributed by atoms with van der Waals surface area (Å²) in [6, 6.07) is 17.0. The van der Waals surface area contributed by atoms with Crippen molar-refractivity contribution >= 4 is 28.6 Å². The minimum absolute atomic E-state index is 0.0148. The number of fused-ring (bicyclic) bond motifs is 3. The Hall–Kier alpha value is -3.52. The van der Waals surface area contributed by atoms with Crippen LogP contribution >= 0.6 is 11.8 Å². The molecular formula is C23H20N4O3S. The lowest BCUT2D eigenvalue weighted by Crippen LogP contribution is -2.42. The SMILES string of the molecule is CSc1ccc([C@H]2c3[nH]c4ccccc4c3CCN2C(=O)c2cc(=O)[nH]c(=O)[nH]2)cc1. The highest BCUT2D eigenvalue weighted by Gasteiger charge is 2.35. The van der Waals surface area contributed by atoms with E-state index in [0.29, 0.717) is 13.0 Å². The maximum absolute atomic E-state index is 13.4. The fourth-order valence-corrected chi connectivity index (χ4v) is 4.74. The zero-order valence-electron chi connectivity index (χ0n) is 16.8. The molecule has 1 atom stereocenters. The maximum atomic E-state index is 13.4. The van der Waals surface area contributed by atoms with E-state index in [1.54, 1.807) is 16.7 Å². The van der Waals surface area contributed by atoms with Crippen molar-refractivity contribution in [3.63, 3.8) is 0 Å². The predicted molar refractivity (Wildman–Crippen MR) is 121 cm³/mol. The molecule has 2 aromatic heterocycles. The van der Waals surface area contributed by atoms with Crippen LogP contribution in [-0.4, -0.2) is 38.6 Å². The smallest absolute Gasteiger partial charge is 0.326 e. The number of para-hydroxylation sites is 1. The highest BCUT2D eigenvalue weighted by atomic mass is 32.2. The molecule has 1 aliphatic rings. The van der Waals surface area contributed by atoms with Crippen molar-refractivity contribution in [2.45, 2.75) is 17.4 Å². The number of nitrogens with one attached hydrogen (secondary N) is 3. The molecule has 31 heavy (non-hydrogen) atoms. The molecule has 0 aliphatic carbocycles. The fraction of sp³-hybridized carbons (Fsp3) is 0.174. The Morgan fingerprint density at radius 3 is 2.55 bits per heavy atom. The Labute approximate surface area is 181 Å². The van der Waals surface area contributed by atoms with Crippen LogP contribution in [0.25, 0.3) is 10.9 Å². The first-order chi connectivity index (χ1) is 15.0. The van der Waals surface area contributed by atoms with E-state index in [-0.39, 0.29) is 17.6 Å². The summed E-state index contributed by atoms with van der Waals surface area (Å²) in [5.41, 5.74) is 2.83. The first-order valence-electron chi connectivity index (χ1n) is 9.93. The molecule has 0 fully saturated rings. The van der Waals surface area contributed by atoms with Gasteiger partial charge in [0.1, 0.15) is 5.69 Å². The molecule has 8 heteroatoms. The van der Waals surface area contributed by atoms with Crippen LogP contribution in [0.15, 0.2) is 69.1 Å². The van der Waals surface area contributed by atoms with E-state index in [0.717, 1.165) is 33.1 Å². The second-order valence-electron chi connectivity index (χ2n) is 7.49. The van der Waals surface area contributed by atoms with Crippen molar-refractivity contribution in [2.75, 3.05) is 12.8 Å². The summed E-state index contributed by atoms with van der Waals surface area (Å²) in [6.07, 6.45) is 2.70. The summed E-state index contributed by atoms with van der Waals surface area (Å²) in [5.74, 6) is -0.383. The summed E-state index contributed by atoms with van der Waals surface area (Å²) in [6.45, 7) is 0.470. The number of rotatable bonds is 3. The Balaban J connectivity index is 1.67. The zero-order chi connectivity index (χ0) is 21.5. The van der Waals surface area contributed by atoms with Gasteiger partial charge < -0.3 is 14.9 Å². The highest BCUT2D eigenvalue weighted by Crippen LogP contribution is 2.39. The van der Waals surface area contributed by atoms with Gasteiger partial charge in [0.25, 0.3) is 11.5 Å². The Morgan fingerprint density at radius 2 is 1.81 bits per heavy atom. The van der Waals surface area contributed by atoms with Crippen LogP contribution in [-0.2, 0) is 6.42 Å². The Bertz CT molecular complexity index is 1370. The van der Waals surface area contributed by atoms with Gasteiger partial charge in [0, 0.05) is 34.1 Å². The third kappa shape index (κ3) is 3.38. The number of hydrogen-bond acceptors (Lipinski definition) is 4. The van der Waals surface area contributed by atoms with Crippen LogP contribution in [0, 0.1) is 0 Å². The lowest BCUT2D eigenvalue weighted by Gasteiger charge is -2.36. The van der Waals surface area contributed by atoms with Crippen LogP contribution in [0.4, 0.5) is 0 Å². The van der Waals surface area contributed by atoms with E-state index < -0.39 is 11.2 Å². The second kappa shape index (κ2) is 7.63. The van der Waals surface area contributed by atoms with Gasteiger partial charge in [0.2, 0.25) is 0 Å². The van der Waals surface area contributed by atoms with Gasteiger partial charge in [-0.2, -0.15) is 0 Å². The predicted octanol–water partition coefficient (Wildman–Crippen LogP) is 3.05. The van der Waals surface area contributed by atoms with Crippen molar-refractivity contribution in [3.05, 3.63) is 98.0 Å². The third-order valence-electron chi connectivity index (χ3n) is 5.72. The average molecular weight is 433 g/mol. The van der Waals surface area contributed by atoms with E-state index in [1.807, 2.05) is 48.7 Å². The first-order valence-corrected chi connectivity index (χ1v) is 11.2. The number of aromatic nitrogens is 3. The van der Waals surface area contributed by atoms with Crippen LogP contribution in [0.5, 0.6) is 0 Å². The number of nitrogens with zero attached hydrogens (tertiary/aromatic N) is 1. The maximum Gasteiger partial charge on any atom is 0.326 e. The zero-order valence-corrected chi connectivity index (χ0v) is 17.6. The molecule has 3 N–H and O–H groups in total. The van der Waals surface area contributed by atoms with Gasteiger partial charge in [-0.05, 0) is 42.0 Å². The van der Waals surface area contributed by atoms with E-state index >= 15 is 0 Å². The lowest BCUT2D eigenvalue weighted by molar-refractivity contribution is 0.0685. The standard InChI is InChI=1S/C23H20N4O3S/c1-31-14-8-6-13(7-9-14)21-20-16(15-4-2-3-5-17(15)24-20)10-11-27(21)22(29)18-12-19(28)26-23(30)25-18/h2-9,12,21,24H,10-11H2,1H3,(H2,25,26,28,30)/t21-/m0/s1. The molecule has 1 amide bonds. The normalized spacial score (nSPS) is 15.8. The van der Waals surface area contributed by atoms with Crippen molar-refractivity contribution in [3.8, 4) is 0 Å². The number of thioether (sulfide) groups is 1. The molecule has 0 saturated carbocycles. The second-order valence-corrected chi connectivity index (χ2v) is 8.37. The van der Waals surface area contributed by atoms with Gasteiger partial charge in [-0.3, -0.25) is 14.6 Å². The van der Waals surface area contributed by atoms with Crippen molar-refractivity contribution in [2.24, 2.45) is 0 Å². The number of H-pyrrole nitrogens is 3. The van der Waals surface area contributed by atoms with Gasteiger partial charge in [0.15, 0.2) is 0 Å². The monoisotopic (exact) mass is 432 g/mol. The van der Waals surface area contributed by atoms with Crippen molar-refractivity contribution in [1.29, 1.82) is 0 Å². The molecule has 2 aromatic carbocycles. The Morgan fingerprint density at radius 1 is 1.03 bits per heavy atom. The molecule has 1 aliphatic heterocycles. The number of aromatic amines is 3. The molecule has 5 rings (SSSR count).